The van der Waals surface area contributed by atoms with Crippen LogP contribution in [-0.2, 0) is 20.8 Å². The first-order valence-electron chi connectivity index (χ1n) is 10.6. The van der Waals surface area contributed by atoms with E-state index in [1.807, 2.05) is 20.8 Å². The summed E-state index contributed by atoms with van der Waals surface area (Å²) in [5.74, 6) is -2.10. The van der Waals surface area contributed by atoms with Crippen molar-refractivity contribution in [3.05, 3.63) is 39.7 Å². The number of hydrogen-bond donors (Lipinski definition) is 3. The molecule has 1 aromatic carbocycles. The van der Waals surface area contributed by atoms with Gasteiger partial charge in [0.05, 0.1) is 11.9 Å². The number of ether oxygens (including phenoxy) is 1. The topological polar surface area (TPSA) is 135 Å². The summed E-state index contributed by atoms with van der Waals surface area (Å²) in [5.41, 5.74) is 1.52. The van der Waals surface area contributed by atoms with E-state index < -0.39 is 29.5 Å². The summed E-state index contributed by atoms with van der Waals surface area (Å²) in [5, 5.41) is 14.7. The Labute approximate surface area is 186 Å². The van der Waals surface area contributed by atoms with Crippen LogP contribution in [0.15, 0.2) is 27.4 Å². The maximum atomic E-state index is 12.2. The fourth-order valence-electron chi connectivity index (χ4n) is 3.33. The van der Waals surface area contributed by atoms with Gasteiger partial charge in [0.2, 0.25) is 5.91 Å². The standard InChI is InChI=1S/C23H30N2O7/c1-5-7-15-10-20(28)32-17-9-13(3)8-16(21(15)17)31-12-19(27)24-11-18(26)25-22(23(29)30)14(4)6-2/h8-10,14,22H,5-7,11-12H2,1-4H3,(H,24,27)(H,25,26)(H,29,30). The van der Waals surface area contributed by atoms with Gasteiger partial charge in [-0.3, -0.25) is 9.59 Å². The zero-order valence-corrected chi connectivity index (χ0v) is 18.8. The summed E-state index contributed by atoms with van der Waals surface area (Å²) in [6.45, 7) is 6.64. The van der Waals surface area contributed by atoms with Gasteiger partial charge in [-0.2, -0.15) is 0 Å². The number of aliphatic carboxylic acids is 1. The van der Waals surface area contributed by atoms with E-state index in [4.69, 9.17) is 9.15 Å². The Morgan fingerprint density at radius 3 is 2.50 bits per heavy atom. The highest BCUT2D eigenvalue weighted by molar-refractivity contribution is 5.90. The number of nitrogens with one attached hydrogen (secondary N) is 2. The molecule has 0 saturated carbocycles. The molecule has 1 aromatic heterocycles. The normalized spacial score (nSPS) is 12.8. The van der Waals surface area contributed by atoms with Crippen LogP contribution in [0.1, 0.15) is 44.7 Å². The van der Waals surface area contributed by atoms with Crippen LogP contribution < -0.4 is 21.0 Å². The summed E-state index contributed by atoms with van der Waals surface area (Å²) < 4.78 is 11.0. The van der Waals surface area contributed by atoms with E-state index in [1.54, 1.807) is 19.1 Å². The molecule has 0 saturated heterocycles. The van der Waals surface area contributed by atoms with Crippen LogP contribution in [-0.4, -0.2) is 42.1 Å². The van der Waals surface area contributed by atoms with Crippen LogP contribution in [0, 0.1) is 12.8 Å². The van der Waals surface area contributed by atoms with Crippen LogP contribution in [0.4, 0.5) is 0 Å². The molecule has 3 N–H and O–H groups in total. The van der Waals surface area contributed by atoms with Crippen molar-refractivity contribution in [2.75, 3.05) is 13.2 Å². The summed E-state index contributed by atoms with van der Waals surface area (Å²) in [7, 11) is 0. The minimum Gasteiger partial charge on any atom is -0.483 e. The SMILES string of the molecule is CCCc1cc(=O)oc2cc(C)cc(OCC(=O)NCC(=O)NC(C(=O)O)C(C)CC)c12. The van der Waals surface area contributed by atoms with Gasteiger partial charge in [-0.15, -0.1) is 0 Å². The van der Waals surface area contributed by atoms with Gasteiger partial charge in [-0.25, -0.2) is 9.59 Å². The molecule has 32 heavy (non-hydrogen) atoms. The minimum absolute atomic E-state index is 0.248. The lowest BCUT2D eigenvalue weighted by atomic mass is 9.99. The molecular weight excluding hydrogens is 416 g/mol. The second kappa shape index (κ2) is 11.3. The van der Waals surface area contributed by atoms with Crippen LogP contribution in [0.25, 0.3) is 11.0 Å². The number of hydrogen-bond acceptors (Lipinski definition) is 6. The maximum absolute atomic E-state index is 12.2. The lowest BCUT2D eigenvalue weighted by Gasteiger charge is -2.20. The molecule has 174 valence electrons. The smallest absolute Gasteiger partial charge is 0.336 e. The molecule has 2 amide bonds. The lowest BCUT2D eigenvalue weighted by molar-refractivity contribution is -0.143. The van der Waals surface area contributed by atoms with E-state index in [9.17, 15) is 24.3 Å². The average Bonchev–Trinajstić information content (AvgIpc) is 2.73. The Balaban J connectivity index is 2.04. The number of rotatable bonds is 11. The molecule has 9 nitrogen and oxygen atoms in total. The molecule has 2 atom stereocenters. The van der Waals surface area contributed by atoms with Gasteiger partial charge in [0.1, 0.15) is 17.4 Å². The zero-order chi connectivity index (χ0) is 23.8. The van der Waals surface area contributed by atoms with Crippen molar-refractivity contribution in [2.24, 2.45) is 5.92 Å². The quantitative estimate of drug-likeness (QED) is 0.450. The molecule has 0 aliphatic carbocycles. The fraction of sp³-hybridized carbons (Fsp3) is 0.478. The highest BCUT2D eigenvalue weighted by Gasteiger charge is 2.25. The van der Waals surface area contributed by atoms with Gasteiger partial charge in [-0.1, -0.05) is 33.6 Å². The average molecular weight is 447 g/mol. The van der Waals surface area contributed by atoms with Gasteiger partial charge in [0, 0.05) is 6.07 Å². The second-order valence-corrected chi connectivity index (χ2v) is 7.81. The third kappa shape index (κ3) is 6.57. The van der Waals surface area contributed by atoms with Crippen LogP contribution >= 0.6 is 0 Å². The van der Waals surface area contributed by atoms with Crippen molar-refractivity contribution in [3.63, 3.8) is 0 Å². The van der Waals surface area contributed by atoms with Crippen LogP contribution in [0.3, 0.4) is 0 Å². The summed E-state index contributed by atoms with van der Waals surface area (Å²) in [4.78, 5) is 47.4. The molecule has 0 radical (unpaired) electrons. The molecule has 2 aromatic rings. The fourth-order valence-corrected chi connectivity index (χ4v) is 3.33. The molecule has 0 bridgehead atoms. The molecule has 1 heterocycles. The highest BCUT2D eigenvalue weighted by atomic mass is 16.5. The van der Waals surface area contributed by atoms with Gasteiger partial charge in [0.15, 0.2) is 6.61 Å². The minimum atomic E-state index is -1.12. The number of fused-ring (bicyclic) bond motifs is 1. The van der Waals surface area contributed by atoms with Crippen molar-refractivity contribution < 1.29 is 28.6 Å². The zero-order valence-electron chi connectivity index (χ0n) is 18.8. The first kappa shape index (κ1) is 24.9. The monoisotopic (exact) mass is 446 g/mol. The summed E-state index contributed by atoms with van der Waals surface area (Å²) in [6, 6.07) is 3.90. The van der Waals surface area contributed by atoms with Gasteiger partial charge in [-0.05, 0) is 42.5 Å². The summed E-state index contributed by atoms with van der Waals surface area (Å²) >= 11 is 0. The Morgan fingerprint density at radius 1 is 1.16 bits per heavy atom. The second-order valence-electron chi connectivity index (χ2n) is 7.81. The Morgan fingerprint density at radius 2 is 1.88 bits per heavy atom. The van der Waals surface area contributed by atoms with E-state index in [2.05, 4.69) is 10.6 Å². The molecule has 9 heteroatoms. The van der Waals surface area contributed by atoms with Crippen LogP contribution in [0.5, 0.6) is 5.75 Å². The number of carbonyl (C=O) groups excluding carboxylic acids is 2. The van der Waals surface area contributed by atoms with Crippen molar-refractivity contribution >= 4 is 28.8 Å². The first-order chi connectivity index (χ1) is 15.2. The van der Waals surface area contributed by atoms with Gasteiger partial charge in [0.25, 0.3) is 5.91 Å². The number of amides is 2. The Bertz CT molecular complexity index is 1040. The molecule has 0 aliphatic rings. The van der Waals surface area contributed by atoms with Crippen molar-refractivity contribution in [1.29, 1.82) is 0 Å². The first-order valence-corrected chi connectivity index (χ1v) is 10.6. The van der Waals surface area contributed by atoms with Crippen LogP contribution in [0.2, 0.25) is 0 Å². The number of carboxylic acids is 1. The lowest BCUT2D eigenvalue weighted by Crippen LogP contribution is -2.48. The molecule has 0 spiro atoms. The van der Waals surface area contributed by atoms with E-state index >= 15 is 0 Å². The Hall–Kier alpha value is -3.36. The van der Waals surface area contributed by atoms with Crippen molar-refractivity contribution in [3.8, 4) is 5.75 Å². The molecule has 0 fully saturated rings. The van der Waals surface area contributed by atoms with Crippen molar-refractivity contribution in [2.45, 2.75) is 53.0 Å². The number of aryl methyl sites for hydroxylation is 2. The molecular formula is C23H30N2O7. The highest BCUT2D eigenvalue weighted by Crippen LogP contribution is 2.30. The predicted molar refractivity (Wildman–Crippen MR) is 119 cm³/mol. The van der Waals surface area contributed by atoms with E-state index in [1.165, 1.54) is 6.07 Å². The number of carboxylic acid groups (broad SMARTS) is 1. The molecule has 2 unspecified atom stereocenters. The number of carbonyl (C=O) groups is 3. The Kier molecular flexibility index (Phi) is 8.80. The van der Waals surface area contributed by atoms with E-state index in [0.717, 1.165) is 17.5 Å². The maximum Gasteiger partial charge on any atom is 0.336 e. The largest absolute Gasteiger partial charge is 0.483 e. The van der Waals surface area contributed by atoms with E-state index in [0.29, 0.717) is 29.6 Å². The third-order valence-electron chi connectivity index (χ3n) is 5.15. The van der Waals surface area contributed by atoms with Gasteiger partial charge < -0.3 is 24.9 Å². The van der Waals surface area contributed by atoms with E-state index in [-0.39, 0.29) is 19.1 Å². The van der Waals surface area contributed by atoms with Crippen molar-refractivity contribution in [1.82, 2.24) is 10.6 Å². The summed E-state index contributed by atoms with van der Waals surface area (Å²) in [6.07, 6.45) is 2.05. The molecule has 2 rings (SSSR count). The van der Waals surface area contributed by atoms with Gasteiger partial charge >= 0.3 is 11.6 Å². The third-order valence-corrected chi connectivity index (χ3v) is 5.15. The number of benzene rings is 1. The molecule has 0 aliphatic heterocycles. The predicted octanol–water partition coefficient (Wildman–Crippen LogP) is 2.16.